The Morgan fingerprint density at radius 2 is 1.86 bits per heavy atom. The lowest BCUT2D eigenvalue weighted by Crippen LogP contribution is -2.11. The van der Waals surface area contributed by atoms with Crippen molar-refractivity contribution in [2.45, 2.75) is 20.3 Å². The second-order valence-electron chi connectivity index (χ2n) is 4.27. The zero-order chi connectivity index (χ0) is 10.6. The van der Waals surface area contributed by atoms with E-state index in [9.17, 15) is 0 Å². The van der Waals surface area contributed by atoms with Gasteiger partial charge in [0.25, 0.3) is 0 Å². The van der Waals surface area contributed by atoms with Crippen molar-refractivity contribution in [2.75, 3.05) is 0 Å². The quantitative estimate of drug-likeness (QED) is 0.621. The normalized spacial score (nSPS) is 11.0. The van der Waals surface area contributed by atoms with Crippen LogP contribution in [0.25, 0.3) is 6.08 Å². The van der Waals surface area contributed by atoms with Crippen LogP contribution in [-0.2, 0) is 6.42 Å². The fraction of sp³-hybridized carbons (Fsp3) is 0.286. The van der Waals surface area contributed by atoms with Crippen LogP contribution in [-0.4, -0.2) is 0 Å². The van der Waals surface area contributed by atoms with E-state index >= 15 is 0 Å². The van der Waals surface area contributed by atoms with E-state index in [-0.39, 0.29) is 5.41 Å². The van der Waals surface area contributed by atoms with Crippen LogP contribution in [0, 0.1) is 5.41 Å². The van der Waals surface area contributed by atoms with Gasteiger partial charge in [-0.25, -0.2) is 0 Å². The first-order valence-corrected chi connectivity index (χ1v) is 4.93. The molecule has 0 bridgehead atoms. The molecular weight excluding hydrogens is 168 g/mol. The molecule has 0 saturated carbocycles. The minimum Gasteiger partial charge on any atom is -0.103 e. The van der Waals surface area contributed by atoms with Gasteiger partial charge in [0.15, 0.2) is 0 Å². The van der Waals surface area contributed by atoms with Crippen molar-refractivity contribution >= 4 is 6.08 Å². The van der Waals surface area contributed by atoms with Crippen LogP contribution in [0.4, 0.5) is 0 Å². The third-order valence-electron chi connectivity index (χ3n) is 2.47. The Kier molecular flexibility index (Phi) is 3.29. The average Bonchev–Trinajstić information content (AvgIpc) is 2.18. The van der Waals surface area contributed by atoms with Crippen molar-refractivity contribution in [1.29, 1.82) is 0 Å². The second-order valence-corrected chi connectivity index (χ2v) is 4.27. The Morgan fingerprint density at radius 3 is 2.43 bits per heavy atom. The van der Waals surface area contributed by atoms with Crippen molar-refractivity contribution in [3.63, 3.8) is 0 Å². The molecule has 0 aliphatic rings. The molecule has 0 atom stereocenters. The minimum absolute atomic E-state index is 0.152. The van der Waals surface area contributed by atoms with Gasteiger partial charge in [-0.3, -0.25) is 0 Å². The molecule has 0 N–H and O–H groups in total. The monoisotopic (exact) mass is 186 g/mol. The zero-order valence-electron chi connectivity index (χ0n) is 9.09. The molecule has 1 aromatic carbocycles. The fourth-order valence-corrected chi connectivity index (χ4v) is 1.46. The Morgan fingerprint density at radius 1 is 1.21 bits per heavy atom. The van der Waals surface area contributed by atoms with Gasteiger partial charge in [0.05, 0.1) is 0 Å². The molecule has 1 aromatic rings. The predicted molar refractivity (Wildman–Crippen MR) is 64.2 cm³/mol. The van der Waals surface area contributed by atoms with E-state index in [2.05, 4.69) is 45.2 Å². The second kappa shape index (κ2) is 4.28. The lowest BCUT2D eigenvalue weighted by atomic mass is 9.84. The van der Waals surface area contributed by atoms with Crippen molar-refractivity contribution in [3.05, 3.63) is 54.6 Å². The molecule has 0 unspecified atom stereocenters. The molecule has 14 heavy (non-hydrogen) atoms. The van der Waals surface area contributed by atoms with Gasteiger partial charge in [-0.1, -0.05) is 56.8 Å². The highest BCUT2D eigenvalue weighted by molar-refractivity contribution is 5.52. The summed E-state index contributed by atoms with van der Waals surface area (Å²) < 4.78 is 0. The van der Waals surface area contributed by atoms with Gasteiger partial charge in [0, 0.05) is 0 Å². The molecule has 0 heteroatoms. The summed E-state index contributed by atoms with van der Waals surface area (Å²) >= 11 is 0. The van der Waals surface area contributed by atoms with Crippen LogP contribution in [0.15, 0.2) is 43.5 Å². The SMILES string of the molecule is C=Cc1ccccc1CC(C)(C)C=C. The lowest BCUT2D eigenvalue weighted by molar-refractivity contribution is 0.478. The van der Waals surface area contributed by atoms with Crippen LogP contribution in [0.3, 0.4) is 0 Å². The maximum atomic E-state index is 3.86. The van der Waals surface area contributed by atoms with E-state index in [1.165, 1.54) is 11.1 Å². The molecule has 0 fully saturated rings. The van der Waals surface area contributed by atoms with E-state index < -0.39 is 0 Å². The van der Waals surface area contributed by atoms with Crippen molar-refractivity contribution in [1.82, 2.24) is 0 Å². The lowest BCUT2D eigenvalue weighted by Gasteiger charge is -2.20. The molecule has 0 aromatic heterocycles. The highest BCUT2D eigenvalue weighted by Gasteiger charge is 2.14. The topological polar surface area (TPSA) is 0 Å². The number of rotatable bonds is 4. The maximum Gasteiger partial charge on any atom is -0.0137 e. The van der Waals surface area contributed by atoms with Crippen molar-refractivity contribution in [2.24, 2.45) is 5.41 Å². The first-order valence-electron chi connectivity index (χ1n) is 4.93. The summed E-state index contributed by atoms with van der Waals surface area (Å²) in [5.74, 6) is 0. The molecule has 0 amide bonds. The van der Waals surface area contributed by atoms with Gasteiger partial charge in [-0.15, -0.1) is 6.58 Å². The fourth-order valence-electron chi connectivity index (χ4n) is 1.46. The van der Waals surface area contributed by atoms with Crippen LogP contribution >= 0.6 is 0 Å². The van der Waals surface area contributed by atoms with Crippen LogP contribution in [0.5, 0.6) is 0 Å². The van der Waals surface area contributed by atoms with Gasteiger partial charge in [0.2, 0.25) is 0 Å². The van der Waals surface area contributed by atoms with Gasteiger partial charge in [0.1, 0.15) is 0 Å². The molecule has 1 rings (SSSR count). The first kappa shape index (κ1) is 10.8. The molecule has 0 aliphatic heterocycles. The molecule has 74 valence electrons. The van der Waals surface area contributed by atoms with E-state index in [1.807, 2.05) is 18.2 Å². The molecule has 0 aliphatic carbocycles. The van der Waals surface area contributed by atoms with Crippen molar-refractivity contribution < 1.29 is 0 Å². The standard InChI is InChI=1S/C14H18/c1-5-12-9-7-8-10-13(12)11-14(3,4)6-2/h5-10H,1-2,11H2,3-4H3. The average molecular weight is 186 g/mol. The summed E-state index contributed by atoms with van der Waals surface area (Å²) in [6, 6.07) is 8.37. The number of hydrogen-bond acceptors (Lipinski definition) is 0. The molecule has 0 saturated heterocycles. The molecular formula is C14H18. The zero-order valence-corrected chi connectivity index (χ0v) is 9.09. The number of allylic oxidation sites excluding steroid dienone is 1. The van der Waals surface area contributed by atoms with Gasteiger partial charge in [-0.05, 0) is 23.0 Å². The maximum absolute atomic E-state index is 3.86. The largest absolute Gasteiger partial charge is 0.103 e. The first-order chi connectivity index (χ1) is 6.59. The molecule has 0 radical (unpaired) electrons. The summed E-state index contributed by atoms with van der Waals surface area (Å²) in [7, 11) is 0. The van der Waals surface area contributed by atoms with Gasteiger partial charge in [-0.2, -0.15) is 0 Å². The summed E-state index contributed by atoms with van der Waals surface area (Å²) in [6.07, 6.45) is 4.93. The predicted octanol–water partition coefficient (Wildman–Crippen LogP) is 4.08. The smallest absolute Gasteiger partial charge is 0.0137 e. The van der Waals surface area contributed by atoms with Crippen LogP contribution < -0.4 is 0 Å². The van der Waals surface area contributed by atoms with E-state index in [4.69, 9.17) is 0 Å². The van der Waals surface area contributed by atoms with Crippen LogP contribution in [0.1, 0.15) is 25.0 Å². The highest BCUT2D eigenvalue weighted by Crippen LogP contribution is 2.25. The number of hydrogen-bond donors (Lipinski definition) is 0. The molecule has 0 spiro atoms. The van der Waals surface area contributed by atoms with E-state index in [0.717, 1.165) is 6.42 Å². The van der Waals surface area contributed by atoms with E-state index in [0.29, 0.717) is 0 Å². The Hall–Kier alpha value is -1.30. The van der Waals surface area contributed by atoms with Crippen LogP contribution in [0.2, 0.25) is 0 Å². The highest BCUT2D eigenvalue weighted by atomic mass is 14.2. The summed E-state index contributed by atoms with van der Waals surface area (Å²) in [5.41, 5.74) is 2.72. The summed E-state index contributed by atoms with van der Waals surface area (Å²) in [6.45, 7) is 12.1. The summed E-state index contributed by atoms with van der Waals surface area (Å²) in [4.78, 5) is 0. The van der Waals surface area contributed by atoms with Gasteiger partial charge >= 0.3 is 0 Å². The minimum atomic E-state index is 0.152. The number of benzene rings is 1. The van der Waals surface area contributed by atoms with Gasteiger partial charge < -0.3 is 0 Å². The molecule has 0 heterocycles. The third-order valence-corrected chi connectivity index (χ3v) is 2.47. The van der Waals surface area contributed by atoms with Crippen molar-refractivity contribution in [3.8, 4) is 0 Å². The third kappa shape index (κ3) is 2.59. The van der Waals surface area contributed by atoms with E-state index in [1.54, 1.807) is 0 Å². The Labute approximate surface area is 87.0 Å². The Bertz CT molecular complexity index is 332. The Balaban J connectivity index is 2.96. The molecule has 0 nitrogen and oxygen atoms in total. The summed E-state index contributed by atoms with van der Waals surface area (Å²) in [5, 5.41) is 0.